The van der Waals surface area contributed by atoms with Crippen molar-refractivity contribution >= 4 is 45.5 Å². The predicted octanol–water partition coefficient (Wildman–Crippen LogP) is 4.08. The van der Waals surface area contributed by atoms with Crippen molar-refractivity contribution in [3.63, 3.8) is 0 Å². The molecule has 0 spiro atoms. The van der Waals surface area contributed by atoms with Gasteiger partial charge in [-0.25, -0.2) is 9.97 Å². The zero-order valence-electron chi connectivity index (χ0n) is 8.21. The second-order valence-electron chi connectivity index (χ2n) is 3.15. The Balaban J connectivity index is 2.55. The van der Waals surface area contributed by atoms with Gasteiger partial charge in [-0.05, 0) is 48.6 Å². The van der Waals surface area contributed by atoms with Crippen molar-refractivity contribution in [1.29, 1.82) is 0 Å². The van der Waals surface area contributed by atoms with E-state index in [1.54, 1.807) is 11.3 Å². The highest BCUT2D eigenvalue weighted by molar-refractivity contribution is 14.1. The Morgan fingerprint density at radius 2 is 2.00 bits per heavy atom. The van der Waals surface area contributed by atoms with Crippen molar-refractivity contribution in [2.45, 2.75) is 13.8 Å². The Morgan fingerprint density at radius 3 is 2.53 bits per heavy atom. The van der Waals surface area contributed by atoms with Crippen LogP contribution in [-0.2, 0) is 0 Å². The number of aryl methyl sites for hydroxylation is 2. The molecule has 0 saturated heterocycles. The molecule has 2 rings (SSSR count). The van der Waals surface area contributed by atoms with E-state index in [1.165, 1.54) is 4.88 Å². The molecule has 2 nitrogen and oxygen atoms in total. The van der Waals surface area contributed by atoms with Gasteiger partial charge in [0, 0.05) is 4.88 Å². The fraction of sp³-hybridized carbons (Fsp3) is 0.200. The van der Waals surface area contributed by atoms with Crippen LogP contribution >= 0.6 is 45.5 Å². The van der Waals surface area contributed by atoms with E-state index in [1.807, 2.05) is 13.0 Å². The molecular formula is C10H8ClIN2S. The quantitative estimate of drug-likeness (QED) is 0.572. The highest BCUT2D eigenvalue weighted by atomic mass is 127. The summed E-state index contributed by atoms with van der Waals surface area (Å²) in [6, 6.07) is 4.09. The van der Waals surface area contributed by atoms with Gasteiger partial charge in [0.25, 0.3) is 0 Å². The molecule has 2 aromatic heterocycles. The third kappa shape index (κ3) is 2.32. The monoisotopic (exact) mass is 350 g/mol. The largest absolute Gasteiger partial charge is 0.231 e. The minimum atomic E-state index is 0.532. The minimum Gasteiger partial charge on any atom is -0.231 e. The van der Waals surface area contributed by atoms with Gasteiger partial charge in [0.1, 0.15) is 5.15 Å². The van der Waals surface area contributed by atoms with E-state index in [0.29, 0.717) is 5.15 Å². The average Bonchev–Trinajstić information content (AvgIpc) is 2.60. The molecule has 2 heterocycles. The molecule has 15 heavy (non-hydrogen) atoms. The molecule has 0 aliphatic carbocycles. The molecule has 0 atom stereocenters. The molecule has 0 amide bonds. The number of rotatable bonds is 1. The van der Waals surface area contributed by atoms with Crippen molar-refractivity contribution in [2.75, 3.05) is 0 Å². The SMILES string of the molecule is Cc1ccc(-c2nc(C)c(I)c(Cl)n2)s1. The molecule has 0 N–H and O–H groups in total. The number of hydrogen-bond acceptors (Lipinski definition) is 3. The average molecular weight is 351 g/mol. The number of halogens is 2. The van der Waals surface area contributed by atoms with E-state index in [-0.39, 0.29) is 0 Å². The molecule has 0 aliphatic heterocycles. The van der Waals surface area contributed by atoms with Crippen LogP contribution in [0.15, 0.2) is 12.1 Å². The lowest BCUT2D eigenvalue weighted by atomic mass is 10.4. The van der Waals surface area contributed by atoms with Crippen LogP contribution < -0.4 is 0 Å². The van der Waals surface area contributed by atoms with Gasteiger partial charge in [-0.2, -0.15) is 0 Å². The summed E-state index contributed by atoms with van der Waals surface area (Å²) >= 11 is 9.86. The molecule has 5 heteroatoms. The summed E-state index contributed by atoms with van der Waals surface area (Å²) in [6.07, 6.45) is 0. The maximum Gasteiger partial charge on any atom is 0.171 e. The lowest BCUT2D eigenvalue weighted by molar-refractivity contribution is 1.10. The zero-order valence-corrected chi connectivity index (χ0v) is 11.9. The lowest BCUT2D eigenvalue weighted by Gasteiger charge is -2.02. The first-order valence-corrected chi connectivity index (χ1v) is 6.61. The van der Waals surface area contributed by atoms with Crippen molar-refractivity contribution in [1.82, 2.24) is 9.97 Å². The molecule has 0 fully saturated rings. The molecule has 0 aromatic carbocycles. The number of nitrogens with zero attached hydrogens (tertiary/aromatic N) is 2. The Bertz CT molecular complexity index is 487. The summed E-state index contributed by atoms with van der Waals surface area (Å²) < 4.78 is 0.922. The van der Waals surface area contributed by atoms with Crippen molar-refractivity contribution < 1.29 is 0 Å². The van der Waals surface area contributed by atoms with Crippen LogP contribution in [0.2, 0.25) is 5.15 Å². The first kappa shape index (κ1) is 11.3. The van der Waals surface area contributed by atoms with Crippen LogP contribution in [0.3, 0.4) is 0 Å². The van der Waals surface area contributed by atoms with E-state index in [0.717, 1.165) is 20.0 Å². The highest BCUT2D eigenvalue weighted by Gasteiger charge is 2.10. The van der Waals surface area contributed by atoms with E-state index < -0.39 is 0 Å². The summed E-state index contributed by atoms with van der Waals surface area (Å²) in [5, 5.41) is 0.532. The summed E-state index contributed by atoms with van der Waals surface area (Å²) in [5.41, 5.74) is 0.927. The fourth-order valence-corrected chi connectivity index (χ4v) is 2.45. The van der Waals surface area contributed by atoms with Crippen molar-refractivity contribution in [3.8, 4) is 10.7 Å². The second-order valence-corrected chi connectivity index (χ2v) is 5.87. The first-order chi connectivity index (χ1) is 7.08. The third-order valence-electron chi connectivity index (χ3n) is 1.94. The van der Waals surface area contributed by atoms with Crippen LogP contribution in [-0.4, -0.2) is 9.97 Å². The topological polar surface area (TPSA) is 25.8 Å². The van der Waals surface area contributed by atoms with E-state index >= 15 is 0 Å². The van der Waals surface area contributed by atoms with Gasteiger partial charge in [-0.1, -0.05) is 11.6 Å². The summed E-state index contributed by atoms with van der Waals surface area (Å²) in [4.78, 5) is 11.0. The van der Waals surface area contributed by atoms with Gasteiger partial charge in [-0.15, -0.1) is 11.3 Å². The van der Waals surface area contributed by atoms with Crippen LogP contribution in [0.25, 0.3) is 10.7 Å². The molecule has 0 aliphatic rings. The standard InChI is InChI=1S/C10H8ClIN2S/c1-5-3-4-7(15-5)10-13-6(2)8(12)9(11)14-10/h3-4H,1-2H3. The van der Waals surface area contributed by atoms with Gasteiger partial charge in [0.15, 0.2) is 5.82 Å². The Kier molecular flexibility index (Phi) is 3.27. The molecule has 0 unspecified atom stereocenters. The van der Waals surface area contributed by atoms with Gasteiger partial charge in [-0.3, -0.25) is 0 Å². The Labute approximate surface area is 111 Å². The smallest absolute Gasteiger partial charge is 0.171 e. The summed E-state index contributed by atoms with van der Waals surface area (Å²) in [7, 11) is 0. The predicted molar refractivity (Wildman–Crippen MR) is 72.5 cm³/mol. The fourth-order valence-electron chi connectivity index (χ4n) is 1.19. The van der Waals surface area contributed by atoms with Gasteiger partial charge in [0.05, 0.1) is 14.1 Å². The molecular weight excluding hydrogens is 343 g/mol. The summed E-state index contributed by atoms with van der Waals surface area (Å²) in [5.74, 6) is 0.719. The van der Waals surface area contributed by atoms with Crippen LogP contribution in [0.5, 0.6) is 0 Å². The Morgan fingerprint density at radius 1 is 1.27 bits per heavy atom. The maximum absolute atomic E-state index is 6.02. The lowest BCUT2D eigenvalue weighted by Crippen LogP contribution is -1.95. The van der Waals surface area contributed by atoms with Crippen LogP contribution in [0.4, 0.5) is 0 Å². The number of aromatic nitrogens is 2. The second kappa shape index (κ2) is 4.35. The molecule has 0 bridgehead atoms. The van der Waals surface area contributed by atoms with Gasteiger partial charge < -0.3 is 0 Å². The first-order valence-electron chi connectivity index (χ1n) is 4.34. The number of hydrogen-bond donors (Lipinski definition) is 0. The molecule has 2 aromatic rings. The minimum absolute atomic E-state index is 0.532. The third-order valence-corrected chi connectivity index (χ3v) is 4.82. The number of thiophene rings is 1. The maximum atomic E-state index is 6.02. The highest BCUT2D eigenvalue weighted by Crippen LogP contribution is 2.28. The van der Waals surface area contributed by atoms with E-state index in [9.17, 15) is 0 Å². The molecule has 0 radical (unpaired) electrons. The normalized spacial score (nSPS) is 10.7. The van der Waals surface area contributed by atoms with Crippen LogP contribution in [0.1, 0.15) is 10.6 Å². The van der Waals surface area contributed by atoms with Gasteiger partial charge >= 0.3 is 0 Å². The van der Waals surface area contributed by atoms with Crippen LogP contribution in [0, 0.1) is 17.4 Å². The van der Waals surface area contributed by atoms with E-state index in [2.05, 4.69) is 45.5 Å². The van der Waals surface area contributed by atoms with E-state index in [4.69, 9.17) is 11.6 Å². The summed E-state index contributed by atoms with van der Waals surface area (Å²) in [6.45, 7) is 4.01. The zero-order chi connectivity index (χ0) is 11.0. The van der Waals surface area contributed by atoms with Crippen molar-refractivity contribution in [2.24, 2.45) is 0 Å². The van der Waals surface area contributed by atoms with Gasteiger partial charge in [0.2, 0.25) is 0 Å². The Hall–Kier alpha value is -0.200. The van der Waals surface area contributed by atoms with Crippen molar-refractivity contribution in [3.05, 3.63) is 31.4 Å². The molecule has 78 valence electrons. The molecule has 0 saturated carbocycles.